The number of ether oxygens (including phenoxy) is 1. The summed E-state index contributed by atoms with van der Waals surface area (Å²) in [5.74, 6) is 0. The third kappa shape index (κ3) is 5.22. The van der Waals surface area contributed by atoms with Crippen molar-refractivity contribution in [1.82, 2.24) is 4.72 Å². The Balaban J connectivity index is 1.51. The largest absolute Gasteiger partial charge is 0.391 e. The average molecular weight is 440 g/mol. The van der Waals surface area contributed by atoms with Gasteiger partial charge in [-0.25, -0.2) is 0 Å². The second-order valence-corrected chi connectivity index (χ2v) is 9.15. The van der Waals surface area contributed by atoms with E-state index < -0.39 is 18.4 Å². The van der Waals surface area contributed by atoms with E-state index in [1.807, 2.05) is 6.92 Å². The van der Waals surface area contributed by atoms with E-state index in [0.717, 1.165) is 29.6 Å². The van der Waals surface area contributed by atoms with Crippen molar-refractivity contribution in [3.8, 4) is 6.07 Å². The fourth-order valence-corrected chi connectivity index (χ4v) is 4.97. The molecule has 2 aromatic rings. The first-order valence-electron chi connectivity index (χ1n) is 10.9. The van der Waals surface area contributed by atoms with Crippen molar-refractivity contribution in [3.05, 3.63) is 46.9 Å². The summed E-state index contributed by atoms with van der Waals surface area (Å²) in [5.41, 5.74) is 3.14. The van der Waals surface area contributed by atoms with E-state index in [2.05, 4.69) is 52.1 Å². The van der Waals surface area contributed by atoms with Gasteiger partial charge in [0.15, 0.2) is 6.29 Å². The van der Waals surface area contributed by atoms with Crippen molar-refractivity contribution < 1.29 is 14.9 Å². The SMILES string of the molecule is C/C(=C(/C#N)SNC1CC(O)COC1O)c1ccc2cc(N3CCCCC3)ccc2c1. The van der Waals surface area contributed by atoms with Gasteiger partial charge in [-0.2, -0.15) is 5.26 Å². The van der Waals surface area contributed by atoms with Crippen LogP contribution in [0.1, 0.15) is 38.2 Å². The summed E-state index contributed by atoms with van der Waals surface area (Å²) in [6.45, 7) is 4.30. The second-order valence-electron chi connectivity index (χ2n) is 8.30. The van der Waals surface area contributed by atoms with E-state index >= 15 is 0 Å². The Morgan fingerprint density at radius 1 is 1.13 bits per heavy atom. The van der Waals surface area contributed by atoms with Crippen molar-refractivity contribution in [2.75, 3.05) is 24.6 Å². The van der Waals surface area contributed by atoms with Crippen molar-refractivity contribution in [1.29, 1.82) is 5.26 Å². The first-order chi connectivity index (χ1) is 15.0. The lowest BCUT2D eigenvalue weighted by Gasteiger charge is -2.31. The van der Waals surface area contributed by atoms with Gasteiger partial charge in [-0.3, -0.25) is 4.72 Å². The minimum absolute atomic E-state index is 0.126. The van der Waals surface area contributed by atoms with Crippen molar-refractivity contribution in [2.45, 2.75) is 51.0 Å². The summed E-state index contributed by atoms with van der Waals surface area (Å²) >= 11 is 1.17. The van der Waals surface area contributed by atoms with Crippen LogP contribution in [-0.2, 0) is 4.74 Å². The Labute approximate surface area is 187 Å². The molecule has 2 aliphatic heterocycles. The number of nitrogens with zero attached hydrogens (tertiary/aromatic N) is 2. The molecule has 0 bridgehead atoms. The Morgan fingerprint density at radius 3 is 2.65 bits per heavy atom. The number of nitrogens with one attached hydrogen (secondary N) is 1. The molecule has 2 aliphatic rings. The molecule has 2 fully saturated rings. The van der Waals surface area contributed by atoms with Gasteiger partial charge >= 0.3 is 0 Å². The maximum Gasteiger partial charge on any atom is 0.171 e. The number of rotatable bonds is 5. The predicted octanol–water partition coefficient (Wildman–Crippen LogP) is 3.79. The number of benzene rings is 2. The van der Waals surface area contributed by atoms with Gasteiger partial charge in [0, 0.05) is 18.8 Å². The maximum absolute atomic E-state index is 9.95. The lowest BCUT2D eigenvalue weighted by Crippen LogP contribution is -2.46. The summed E-state index contributed by atoms with van der Waals surface area (Å²) in [6.07, 6.45) is 2.60. The van der Waals surface area contributed by atoms with Crippen LogP contribution in [0.15, 0.2) is 41.3 Å². The van der Waals surface area contributed by atoms with E-state index in [0.29, 0.717) is 11.3 Å². The Morgan fingerprint density at radius 2 is 1.87 bits per heavy atom. The van der Waals surface area contributed by atoms with Crippen LogP contribution in [0.5, 0.6) is 0 Å². The monoisotopic (exact) mass is 439 g/mol. The number of allylic oxidation sites excluding steroid dienone is 2. The third-order valence-electron chi connectivity index (χ3n) is 6.06. The van der Waals surface area contributed by atoms with Crippen LogP contribution in [-0.4, -0.2) is 48.3 Å². The van der Waals surface area contributed by atoms with Crippen LogP contribution in [0.3, 0.4) is 0 Å². The van der Waals surface area contributed by atoms with Gasteiger partial charge < -0.3 is 19.8 Å². The molecule has 2 heterocycles. The lowest BCUT2D eigenvalue weighted by molar-refractivity contribution is -0.168. The molecule has 6 nitrogen and oxygen atoms in total. The molecule has 0 radical (unpaired) electrons. The molecule has 31 heavy (non-hydrogen) atoms. The Kier molecular flexibility index (Phi) is 7.16. The average Bonchev–Trinajstić information content (AvgIpc) is 2.81. The summed E-state index contributed by atoms with van der Waals surface area (Å²) in [7, 11) is 0. The molecule has 3 unspecified atom stereocenters. The van der Waals surface area contributed by atoms with Crippen molar-refractivity contribution in [2.24, 2.45) is 0 Å². The molecule has 0 aromatic heterocycles. The van der Waals surface area contributed by atoms with Crippen LogP contribution in [0.25, 0.3) is 16.3 Å². The second kappa shape index (κ2) is 10.0. The van der Waals surface area contributed by atoms with Gasteiger partial charge in [0.2, 0.25) is 0 Å². The first-order valence-corrected chi connectivity index (χ1v) is 11.7. The molecule has 3 N–H and O–H groups in total. The van der Waals surface area contributed by atoms with Crippen molar-refractivity contribution >= 4 is 34.0 Å². The zero-order valence-corrected chi connectivity index (χ0v) is 18.6. The van der Waals surface area contributed by atoms with Gasteiger partial charge in [-0.1, -0.05) is 18.2 Å². The zero-order chi connectivity index (χ0) is 21.8. The van der Waals surface area contributed by atoms with E-state index in [1.54, 1.807) is 0 Å². The van der Waals surface area contributed by atoms with Crippen LogP contribution in [0, 0.1) is 11.3 Å². The molecule has 0 aliphatic carbocycles. The van der Waals surface area contributed by atoms with Crippen LogP contribution < -0.4 is 9.62 Å². The predicted molar refractivity (Wildman–Crippen MR) is 125 cm³/mol. The fraction of sp³-hybridized carbons (Fsp3) is 0.458. The quantitative estimate of drug-likeness (QED) is 0.482. The molecule has 0 amide bonds. The van der Waals surface area contributed by atoms with Gasteiger partial charge in [0.1, 0.15) is 11.0 Å². The van der Waals surface area contributed by atoms with Gasteiger partial charge in [0.25, 0.3) is 0 Å². The number of nitriles is 1. The minimum Gasteiger partial charge on any atom is -0.391 e. The first kappa shape index (κ1) is 22.1. The summed E-state index contributed by atoms with van der Waals surface area (Å²) < 4.78 is 8.22. The molecule has 2 aromatic carbocycles. The fourth-order valence-electron chi connectivity index (χ4n) is 4.17. The lowest BCUT2D eigenvalue weighted by atomic mass is 10.0. The van der Waals surface area contributed by atoms with E-state index in [-0.39, 0.29) is 6.61 Å². The number of aliphatic hydroxyl groups is 2. The zero-order valence-electron chi connectivity index (χ0n) is 17.8. The molecule has 0 spiro atoms. The van der Waals surface area contributed by atoms with Crippen LogP contribution in [0.4, 0.5) is 5.69 Å². The highest BCUT2D eigenvalue weighted by Crippen LogP contribution is 2.30. The normalized spacial score (nSPS) is 25.2. The standard InChI is InChI=1S/C24H29N3O3S/c1-16(23(14-25)31-26-22-13-21(28)15-30-24(22)29)17-5-6-19-12-20(8-7-18(19)11-17)27-9-3-2-4-10-27/h5-8,11-12,21-22,24,26,28-29H,2-4,9-10,13,15H2,1H3/b23-16+. The maximum atomic E-state index is 9.95. The van der Waals surface area contributed by atoms with Gasteiger partial charge in [-0.05, 0) is 84.7 Å². The number of piperidine rings is 1. The number of anilines is 1. The molecular weight excluding hydrogens is 410 g/mol. The number of hydrogen-bond acceptors (Lipinski definition) is 7. The highest BCUT2D eigenvalue weighted by molar-refractivity contribution is 8.01. The molecular formula is C24H29N3O3S. The smallest absolute Gasteiger partial charge is 0.171 e. The minimum atomic E-state index is -0.995. The van der Waals surface area contributed by atoms with E-state index in [9.17, 15) is 15.5 Å². The molecule has 164 valence electrons. The summed E-state index contributed by atoms with van der Waals surface area (Å²) in [5, 5.41) is 31.7. The molecule has 7 heteroatoms. The van der Waals surface area contributed by atoms with E-state index in [4.69, 9.17) is 4.74 Å². The highest BCUT2D eigenvalue weighted by atomic mass is 32.2. The van der Waals surface area contributed by atoms with Gasteiger partial charge in [-0.15, -0.1) is 0 Å². The third-order valence-corrected chi connectivity index (χ3v) is 7.08. The molecule has 2 saturated heterocycles. The van der Waals surface area contributed by atoms with Gasteiger partial charge in [0.05, 0.1) is 18.8 Å². The highest BCUT2D eigenvalue weighted by Gasteiger charge is 2.29. The van der Waals surface area contributed by atoms with E-state index in [1.165, 1.54) is 42.3 Å². The molecule has 3 atom stereocenters. The summed E-state index contributed by atoms with van der Waals surface area (Å²) in [6, 6.07) is 14.7. The number of fused-ring (bicyclic) bond motifs is 1. The molecule has 4 rings (SSSR count). The van der Waals surface area contributed by atoms with Crippen LogP contribution in [0.2, 0.25) is 0 Å². The Hall–Kier alpha value is -2.08. The summed E-state index contributed by atoms with van der Waals surface area (Å²) in [4.78, 5) is 2.98. The topological polar surface area (TPSA) is 88.8 Å². The Bertz CT molecular complexity index is 997. The number of hydrogen-bond donors (Lipinski definition) is 3. The molecule has 0 saturated carbocycles. The van der Waals surface area contributed by atoms with Crippen LogP contribution >= 0.6 is 11.9 Å². The van der Waals surface area contributed by atoms with Crippen molar-refractivity contribution in [3.63, 3.8) is 0 Å². The number of aliphatic hydroxyl groups excluding tert-OH is 2.